The van der Waals surface area contributed by atoms with Gasteiger partial charge in [-0.1, -0.05) is 0 Å². The number of hydrogen-bond donors (Lipinski definition) is 2. The van der Waals surface area contributed by atoms with E-state index in [4.69, 9.17) is 9.84 Å². The number of carboxylic acids is 1. The molecule has 2 atom stereocenters. The highest BCUT2D eigenvalue weighted by atomic mass is 35.5. The molecule has 0 aromatic carbocycles. The number of methoxy groups -OCH3 is 1. The minimum absolute atomic E-state index is 0. The van der Waals surface area contributed by atoms with E-state index in [1.165, 1.54) is 12.0 Å². The van der Waals surface area contributed by atoms with Crippen LogP contribution in [-0.2, 0) is 19.1 Å². The molecule has 9 heteroatoms. The molecule has 0 aliphatic carbocycles. The van der Waals surface area contributed by atoms with Crippen molar-refractivity contribution >= 4 is 30.4 Å². The fraction of sp³-hybridized carbons (Fsp3) is 0.812. The van der Waals surface area contributed by atoms with Gasteiger partial charge in [-0.25, -0.2) is 4.79 Å². The minimum Gasteiger partial charge on any atom is -0.481 e. The third-order valence-electron chi connectivity index (χ3n) is 3.78. The zero-order chi connectivity index (χ0) is 18.3. The summed E-state index contributed by atoms with van der Waals surface area (Å²) < 4.78 is 9.70. The van der Waals surface area contributed by atoms with Gasteiger partial charge in [0, 0.05) is 19.6 Å². The van der Waals surface area contributed by atoms with Crippen LogP contribution in [0.15, 0.2) is 0 Å². The maximum Gasteiger partial charge on any atom is 0.410 e. The van der Waals surface area contributed by atoms with Crippen LogP contribution in [-0.4, -0.2) is 66.9 Å². The summed E-state index contributed by atoms with van der Waals surface area (Å²) in [5, 5.41) is 11.9. The van der Waals surface area contributed by atoms with Crippen molar-refractivity contribution < 1.29 is 29.0 Å². The second-order valence-electron chi connectivity index (χ2n) is 6.96. The van der Waals surface area contributed by atoms with Crippen LogP contribution < -0.4 is 5.32 Å². The average Bonchev–Trinajstić information content (AvgIpc) is 3.16. The molecule has 2 fully saturated rings. The number of amides is 1. The van der Waals surface area contributed by atoms with E-state index in [1.54, 1.807) is 20.8 Å². The van der Waals surface area contributed by atoms with Crippen molar-refractivity contribution in [3.63, 3.8) is 0 Å². The van der Waals surface area contributed by atoms with E-state index in [1.807, 2.05) is 0 Å². The van der Waals surface area contributed by atoms with Gasteiger partial charge < -0.3 is 24.8 Å². The number of likely N-dealkylation sites (tertiary alicyclic amines) is 1. The lowest BCUT2D eigenvalue weighted by Gasteiger charge is -2.24. The zero-order valence-electron chi connectivity index (χ0n) is 15.2. The smallest absolute Gasteiger partial charge is 0.410 e. The number of ether oxygens (including phenoxy) is 2. The van der Waals surface area contributed by atoms with Gasteiger partial charge in [-0.2, -0.15) is 0 Å². The second-order valence-corrected chi connectivity index (χ2v) is 6.96. The molecule has 2 rings (SSSR count). The van der Waals surface area contributed by atoms with Gasteiger partial charge >= 0.3 is 18.0 Å². The normalized spacial score (nSPS) is 22.3. The molecule has 2 N–H and O–H groups in total. The molecule has 0 unspecified atom stereocenters. The van der Waals surface area contributed by atoms with Gasteiger partial charge in [0.1, 0.15) is 5.60 Å². The Labute approximate surface area is 154 Å². The number of carbonyl (C=O) groups excluding carboxylic acids is 2. The predicted molar refractivity (Wildman–Crippen MR) is 93.8 cm³/mol. The third kappa shape index (κ3) is 8.40. The van der Waals surface area contributed by atoms with Crippen LogP contribution in [0.25, 0.3) is 0 Å². The summed E-state index contributed by atoms with van der Waals surface area (Å²) in [5.41, 5.74) is -0.529. The molecule has 2 aliphatic rings. The molecule has 2 aliphatic heterocycles. The molecule has 2 saturated heterocycles. The number of nitrogens with zero attached hydrogens (tertiary/aromatic N) is 1. The average molecular weight is 381 g/mol. The number of esters is 1. The zero-order valence-corrected chi connectivity index (χ0v) is 16.1. The molecular weight excluding hydrogens is 352 g/mol. The van der Waals surface area contributed by atoms with Gasteiger partial charge in [-0.3, -0.25) is 9.59 Å². The van der Waals surface area contributed by atoms with Crippen molar-refractivity contribution in [1.29, 1.82) is 0 Å². The standard InChI is InChI=1S/C10H17NO4.C6H11NO2.ClH/c1-10(2,3)15-9(14)11-5-4-7(6-11)8(12)13;1-9-6(8)5-2-3-7-4-5;/h7H,4-6H2,1-3H3,(H,12,13);5,7H,2-4H2,1H3;1H/t7-;5-;/m11./s1. The largest absolute Gasteiger partial charge is 0.481 e. The number of carbonyl (C=O) groups is 3. The van der Waals surface area contributed by atoms with E-state index >= 15 is 0 Å². The molecule has 146 valence electrons. The van der Waals surface area contributed by atoms with Crippen LogP contribution >= 0.6 is 12.4 Å². The summed E-state index contributed by atoms with van der Waals surface area (Å²) in [6.45, 7) is 7.81. The number of halogens is 1. The van der Waals surface area contributed by atoms with Gasteiger partial charge in [0.15, 0.2) is 0 Å². The summed E-state index contributed by atoms with van der Waals surface area (Å²) in [6.07, 6.45) is 1.01. The van der Waals surface area contributed by atoms with Crippen LogP contribution in [0, 0.1) is 11.8 Å². The molecule has 0 bridgehead atoms. The van der Waals surface area contributed by atoms with Gasteiger partial charge in [-0.15, -0.1) is 12.4 Å². The number of carboxylic acid groups (broad SMARTS) is 1. The Bertz CT molecular complexity index is 460. The molecule has 0 spiro atoms. The first kappa shape index (κ1) is 23.5. The molecule has 8 nitrogen and oxygen atoms in total. The third-order valence-corrected chi connectivity index (χ3v) is 3.78. The topological polar surface area (TPSA) is 105 Å². The lowest BCUT2D eigenvalue weighted by molar-refractivity contribution is -0.144. The number of nitrogens with one attached hydrogen (secondary N) is 1. The Kier molecular flexibility index (Phi) is 9.81. The molecule has 25 heavy (non-hydrogen) atoms. The van der Waals surface area contributed by atoms with E-state index in [-0.39, 0.29) is 30.8 Å². The van der Waals surface area contributed by atoms with Crippen LogP contribution in [0.3, 0.4) is 0 Å². The maximum atomic E-state index is 11.5. The van der Waals surface area contributed by atoms with Crippen molar-refractivity contribution in [3.8, 4) is 0 Å². The molecular formula is C16H29ClN2O6. The first-order chi connectivity index (χ1) is 11.1. The van der Waals surface area contributed by atoms with Crippen LogP contribution in [0.1, 0.15) is 33.6 Å². The molecule has 2 heterocycles. The molecule has 0 saturated carbocycles. The first-order valence-electron chi connectivity index (χ1n) is 8.13. The summed E-state index contributed by atoms with van der Waals surface area (Å²) in [4.78, 5) is 34.4. The number of rotatable bonds is 2. The fourth-order valence-electron chi connectivity index (χ4n) is 2.48. The summed E-state index contributed by atoms with van der Waals surface area (Å²) >= 11 is 0. The Morgan fingerprint density at radius 3 is 2.20 bits per heavy atom. The highest BCUT2D eigenvalue weighted by molar-refractivity contribution is 5.85. The van der Waals surface area contributed by atoms with E-state index in [9.17, 15) is 14.4 Å². The lowest BCUT2D eigenvalue weighted by Crippen LogP contribution is -2.35. The Morgan fingerprint density at radius 2 is 1.80 bits per heavy atom. The van der Waals surface area contributed by atoms with Crippen molar-refractivity contribution in [3.05, 3.63) is 0 Å². The SMILES string of the molecule is CC(C)(C)OC(=O)N1CC[C@@H](C(=O)O)C1.COC(=O)[C@@H]1CCNC1.Cl. The molecule has 0 aromatic rings. The number of hydrogen-bond acceptors (Lipinski definition) is 6. The van der Waals surface area contributed by atoms with Crippen LogP contribution in [0.2, 0.25) is 0 Å². The summed E-state index contributed by atoms with van der Waals surface area (Å²) in [7, 11) is 1.43. The summed E-state index contributed by atoms with van der Waals surface area (Å²) in [6, 6.07) is 0. The predicted octanol–water partition coefficient (Wildman–Crippen LogP) is 1.52. The first-order valence-corrected chi connectivity index (χ1v) is 8.13. The van der Waals surface area contributed by atoms with Crippen molar-refractivity contribution in [2.24, 2.45) is 11.8 Å². The molecule has 0 aromatic heterocycles. The van der Waals surface area contributed by atoms with Crippen molar-refractivity contribution in [2.45, 2.75) is 39.2 Å². The minimum atomic E-state index is -0.846. The molecule has 0 radical (unpaired) electrons. The fourth-order valence-corrected chi connectivity index (χ4v) is 2.48. The van der Waals surface area contributed by atoms with Crippen molar-refractivity contribution in [2.75, 3.05) is 33.3 Å². The van der Waals surface area contributed by atoms with E-state index in [0.29, 0.717) is 13.0 Å². The number of aliphatic carboxylic acids is 1. The lowest BCUT2D eigenvalue weighted by atomic mass is 10.1. The highest BCUT2D eigenvalue weighted by Gasteiger charge is 2.33. The van der Waals surface area contributed by atoms with Crippen molar-refractivity contribution in [1.82, 2.24) is 10.2 Å². The van der Waals surface area contributed by atoms with Crippen LogP contribution in [0.5, 0.6) is 0 Å². The van der Waals surface area contributed by atoms with Gasteiger partial charge in [-0.05, 0) is 40.2 Å². The van der Waals surface area contributed by atoms with Gasteiger partial charge in [0.05, 0.1) is 18.9 Å². The Hall–Kier alpha value is -1.54. The van der Waals surface area contributed by atoms with Crippen LogP contribution in [0.4, 0.5) is 4.79 Å². The Morgan fingerprint density at radius 1 is 1.16 bits per heavy atom. The van der Waals surface area contributed by atoms with E-state index < -0.39 is 23.6 Å². The quantitative estimate of drug-likeness (QED) is 0.699. The van der Waals surface area contributed by atoms with E-state index in [2.05, 4.69) is 10.1 Å². The van der Waals surface area contributed by atoms with Gasteiger partial charge in [0.2, 0.25) is 0 Å². The summed E-state index contributed by atoms with van der Waals surface area (Å²) in [5.74, 6) is -1.27. The maximum absolute atomic E-state index is 11.5. The monoisotopic (exact) mass is 380 g/mol. The Balaban J connectivity index is 0.000000495. The second kappa shape index (κ2) is 10.5. The molecule has 1 amide bonds. The van der Waals surface area contributed by atoms with Gasteiger partial charge in [0.25, 0.3) is 0 Å². The van der Waals surface area contributed by atoms with E-state index in [0.717, 1.165) is 19.5 Å². The highest BCUT2D eigenvalue weighted by Crippen LogP contribution is 2.19.